The van der Waals surface area contributed by atoms with E-state index < -0.39 is 22.5 Å². The van der Waals surface area contributed by atoms with E-state index in [-0.39, 0.29) is 4.90 Å². The maximum atomic E-state index is 13.5. The lowest BCUT2D eigenvalue weighted by molar-refractivity contribution is -0.119. The summed E-state index contributed by atoms with van der Waals surface area (Å²) in [6, 6.07) is 19.1. The zero-order valence-corrected chi connectivity index (χ0v) is 20.9. The molecule has 8 heteroatoms. The Bertz CT molecular complexity index is 1300. The molecule has 0 bridgehead atoms. The zero-order valence-electron chi connectivity index (χ0n) is 20.1. The molecule has 0 aliphatic heterocycles. The van der Waals surface area contributed by atoms with E-state index in [1.165, 1.54) is 6.21 Å². The van der Waals surface area contributed by atoms with Crippen LogP contribution in [0.2, 0.25) is 0 Å². The standard InChI is InChI=1S/C27H29N3O4S/c1-5-14-34-25-10-8-23(9-11-25)18-28-29-27(31)19-30(24-16-21(3)15-22(4)17-24)35(32,33)26-12-6-20(2)7-13-26/h5-13,15-18H,1,14,19H2,2-4H3,(H,29,31)/b28-18-. The average molecular weight is 492 g/mol. The number of hydrazone groups is 1. The first kappa shape index (κ1) is 25.7. The second-order valence-corrected chi connectivity index (χ2v) is 9.99. The van der Waals surface area contributed by atoms with Gasteiger partial charge in [-0.1, -0.05) is 36.4 Å². The Labute approximate surface area is 206 Å². The second-order valence-electron chi connectivity index (χ2n) is 8.13. The van der Waals surface area contributed by atoms with E-state index in [2.05, 4.69) is 17.1 Å². The Balaban J connectivity index is 1.79. The molecule has 0 aromatic heterocycles. The predicted octanol–water partition coefficient (Wildman–Crippen LogP) is 4.52. The molecule has 3 rings (SSSR count). The van der Waals surface area contributed by atoms with Crippen LogP contribution in [-0.2, 0) is 14.8 Å². The minimum absolute atomic E-state index is 0.109. The highest BCUT2D eigenvalue weighted by atomic mass is 32.2. The minimum atomic E-state index is -3.99. The van der Waals surface area contributed by atoms with Crippen molar-refractivity contribution in [1.82, 2.24) is 5.43 Å². The van der Waals surface area contributed by atoms with Gasteiger partial charge in [-0.3, -0.25) is 9.10 Å². The number of hydrogen-bond donors (Lipinski definition) is 1. The Hall–Kier alpha value is -3.91. The maximum absolute atomic E-state index is 13.5. The summed E-state index contributed by atoms with van der Waals surface area (Å²) in [5.41, 5.74) is 6.30. The van der Waals surface area contributed by atoms with Crippen molar-refractivity contribution in [2.24, 2.45) is 5.10 Å². The van der Waals surface area contributed by atoms with E-state index in [4.69, 9.17) is 4.74 Å². The van der Waals surface area contributed by atoms with Crippen molar-refractivity contribution in [1.29, 1.82) is 0 Å². The van der Waals surface area contributed by atoms with Gasteiger partial charge < -0.3 is 4.74 Å². The van der Waals surface area contributed by atoms with Gasteiger partial charge in [-0.05, 0) is 86.0 Å². The summed E-state index contributed by atoms with van der Waals surface area (Å²) in [6.45, 7) is 9.23. The topological polar surface area (TPSA) is 88.1 Å². The number of nitrogens with one attached hydrogen (secondary N) is 1. The molecule has 1 N–H and O–H groups in total. The summed E-state index contributed by atoms with van der Waals surface area (Å²) in [7, 11) is -3.99. The molecule has 182 valence electrons. The van der Waals surface area contributed by atoms with E-state index in [1.54, 1.807) is 66.7 Å². The first-order chi connectivity index (χ1) is 16.7. The predicted molar refractivity (Wildman–Crippen MR) is 139 cm³/mol. The molecular weight excluding hydrogens is 462 g/mol. The third-order valence-corrected chi connectivity index (χ3v) is 6.83. The lowest BCUT2D eigenvalue weighted by atomic mass is 10.1. The highest BCUT2D eigenvalue weighted by Gasteiger charge is 2.27. The van der Waals surface area contributed by atoms with E-state index in [1.807, 2.05) is 26.8 Å². The Morgan fingerprint density at radius 3 is 2.20 bits per heavy atom. The largest absolute Gasteiger partial charge is 0.490 e. The molecule has 0 atom stereocenters. The van der Waals surface area contributed by atoms with Crippen molar-refractivity contribution in [3.63, 3.8) is 0 Å². The van der Waals surface area contributed by atoms with Crippen LogP contribution in [0.3, 0.4) is 0 Å². The van der Waals surface area contributed by atoms with Crippen molar-refractivity contribution in [2.45, 2.75) is 25.7 Å². The Morgan fingerprint density at radius 1 is 0.971 bits per heavy atom. The number of benzene rings is 3. The van der Waals surface area contributed by atoms with Crippen LogP contribution in [-0.4, -0.2) is 33.7 Å². The second kappa shape index (κ2) is 11.5. The molecule has 0 saturated carbocycles. The zero-order chi connectivity index (χ0) is 25.4. The highest BCUT2D eigenvalue weighted by molar-refractivity contribution is 7.92. The fraction of sp³-hybridized carbons (Fsp3) is 0.185. The molecule has 0 fully saturated rings. The van der Waals surface area contributed by atoms with Gasteiger partial charge in [0.1, 0.15) is 18.9 Å². The number of amides is 1. The van der Waals surface area contributed by atoms with Crippen molar-refractivity contribution in [2.75, 3.05) is 17.5 Å². The van der Waals surface area contributed by atoms with Gasteiger partial charge in [0.25, 0.3) is 15.9 Å². The van der Waals surface area contributed by atoms with Gasteiger partial charge in [-0.25, -0.2) is 13.8 Å². The Kier molecular flexibility index (Phi) is 8.43. The number of rotatable bonds is 10. The summed E-state index contributed by atoms with van der Waals surface area (Å²) in [4.78, 5) is 12.8. The van der Waals surface area contributed by atoms with Crippen molar-refractivity contribution in [3.8, 4) is 5.75 Å². The monoisotopic (exact) mass is 491 g/mol. The molecule has 7 nitrogen and oxygen atoms in total. The van der Waals surface area contributed by atoms with E-state index in [9.17, 15) is 13.2 Å². The Morgan fingerprint density at radius 2 is 1.60 bits per heavy atom. The van der Waals surface area contributed by atoms with Crippen LogP contribution in [0.15, 0.2) is 89.4 Å². The number of nitrogens with zero attached hydrogens (tertiary/aromatic N) is 2. The minimum Gasteiger partial charge on any atom is -0.490 e. The molecule has 0 spiro atoms. The number of carbonyl (C=O) groups excluding carboxylic acids is 1. The summed E-state index contributed by atoms with van der Waals surface area (Å²) in [6.07, 6.45) is 3.14. The normalized spacial score (nSPS) is 11.3. The van der Waals surface area contributed by atoms with Gasteiger partial charge in [-0.15, -0.1) is 0 Å². The van der Waals surface area contributed by atoms with Crippen LogP contribution >= 0.6 is 0 Å². The third kappa shape index (κ3) is 7.04. The molecule has 0 unspecified atom stereocenters. The van der Waals surface area contributed by atoms with Crippen molar-refractivity contribution < 1.29 is 17.9 Å². The first-order valence-corrected chi connectivity index (χ1v) is 12.5. The first-order valence-electron chi connectivity index (χ1n) is 11.0. The fourth-order valence-electron chi connectivity index (χ4n) is 3.40. The fourth-order valence-corrected chi connectivity index (χ4v) is 4.80. The molecule has 1 amide bonds. The van der Waals surface area contributed by atoms with Gasteiger partial charge in [0.2, 0.25) is 0 Å². The lowest BCUT2D eigenvalue weighted by Gasteiger charge is -2.24. The summed E-state index contributed by atoms with van der Waals surface area (Å²) in [5.74, 6) is 0.124. The van der Waals surface area contributed by atoms with E-state index in [0.29, 0.717) is 18.0 Å². The molecule has 0 heterocycles. The quantitative estimate of drug-likeness (QED) is 0.257. The van der Waals surface area contributed by atoms with Crippen LogP contribution in [0.25, 0.3) is 0 Å². The molecule has 3 aromatic rings. The number of hydrogen-bond acceptors (Lipinski definition) is 5. The van der Waals surface area contributed by atoms with Gasteiger partial charge in [0, 0.05) is 0 Å². The van der Waals surface area contributed by atoms with Crippen molar-refractivity contribution >= 4 is 27.8 Å². The van der Waals surface area contributed by atoms with Gasteiger partial charge in [0.15, 0.2) is 0 Å². The molecule has 0 aliphatic carbocycles. The number of aryl methyl sites for hydroxylation is 3. The van der Waals surface area contributed by atoms with Crippen LogP contribution in [0.5, 0.6) is 5.75 Å². The summed E-state index contributed by atoms with van der Waals surface area (Å²) >= 11 is 0. The molecule has 0 radical (unpaired) electrons. The highest BCUT2D eigenvalue weighted by Crippen LogP contribution is 2.26. The van der Waals surface area contributed by atoms with Gasteiger partial charge >= 0.3 is 0 Å². The van der Waals surface area contributed by atoms with Crippen LogP contribution in [0.4, 0.5) is 5.69 Å². The molecular formula is C27H29N3O4S. The van der Waals surface area contributed by atoms with Crippen LogP contribution < -0.4 is 14.5 Å². The molecule has 0 saturated heterocycles. The number of ether oxygens (including phenoxy) is 1. The molecule has 0 aliphatic rings. The maximum Gasteiger partial charge on any atom is 0.264 e. The summed E-state index contributed by atoms with van der Waals surface area (Å²) < 4.78 is 33.5. The number of sulfonamides is 1. The third-order valence-electron chi connectivity index (χ3n) is 5.04. The molecule has 35 heavy (non-hydrogen) atoms. The number of anilines is 1. The number of carbonyl (C=O) groups is 1. The van der Waals surface area contributed by atoms with Gasteiger partial charge in [-0.2, -0.15) is 5.10 Å². The van der Waals surface area contributed by atoms with Crippen molar-refractivity contribution in [3.05, 3.63) is 102 Å². The van der Waals surface area contributed by atoms with Gasteiger partial charge in [0.05, 0.1) is 16.8 Å². The van der Waals surface area contributed by atoms with E-state index >= 15 is 0 Å². The lowest BCUT2D eigenvalue weighted by Crippen LogP contribution is -2.39. The van der Waals surface area contributed by atoms with Crippen LogP contribution in [0.1, 0.15) is 22.3 Å². The van der Waals surface area contributed by atoms with E-state index in [0.717, 1.165) is 26.6 Å². The average Bonchev–Trinajstić information content (AvgIpc) is 2.81. The smallest absolute Gasteiger partial charge is 0.264 e. The molecule has 3 aromatic carbocycles. The SMILES string of the molecule is C=CCOc1ccc(/C=N\NC(=O)CN(c2cc(C)cc(C)c2)S(=O)(=O)c2ccc(C)cc2)cc1. The van der Waals surface area contributed by atoms with Crippen LogP contribution in [0, 0.1) is 20.8 Å². The summed E-state index contributed by atoms with van der Waals surface area (Å²) in [5, 5.41) is 3.98.